The first-order valence-electron chi connectivity index (χ1n) is 4.81. The minimum absolute atomic E-state index is 0.325. The zero-order valence-corrected chi connectivity index (χ0v) is 8.45. The number of hydrogen-bond donors (Lipinski definition) is 0. The molecule has 0 radical (unpaired) electrons. The summed E-state index contributed by atoms with van der Waals surface area (Å²) in [5.41, 5.74) is 0.853. The highest BCUT2D eigenvalue weighted by Gasteiger charge is 2.22. The van der Waals surface area contributed by atoms with Crippen LogP contribution in [0.1, 0.15) is 35.8 Å². The van der Waals surface area contributed by atoms with Crippen molar-refractivity contribution in [2.45, 2.75) is 31.1 Å². The molecule has 1 aromatic rings. The van der Waals surface area contributed by atoms with Crippen molar-refractivity contribution in [3.05, 3.63) is 34.9 Å². The molecule has 3 heteroatoms. The molecule has 0 N–H and O–H groups in total. The highest BCUT2D eigenvalue weighted by atomic mass is 35.5. The molecular weight excluding hydrogens is 206 g/mol. The van der Waals surface area contributed by atoms with Crippen LogP contribution in [-0.4, -0.2) is 0 Å². The summed E-state index contributed by atoms with van der Waals surface area (Å²) in [5, 5.41) is -0.372. The topological polar surface area (TPSA) is 0 Å². The van der Waals surface area contributed by atoms with E-state index in [1.807, 2.05) is 0 Å². The first kappa shape index (κ1) is 9.91. The Morgan fingerprint density at radius 1 is 1.14 bits per heavy atom. The van der Waals surface area contributed by atoms with Crippen molar-refractivity contribution >= 4 is 11.6 Å². The second-order valence-electron chi connectivity index (χ2n) is 3.63. The van der Waals surface area contributed by atoms with Gasteiger partial charge in [0.1, 0.15) is 11.6 Å². The summed E-state index contributed by atoms with van der Waals surface area (Å²) < 4.78 is 26.8. The van der Waals surface area contributed by atoms with Gasteiger partial charge in [0.15, 0.2) is 0 Å². The fourth-order valence-electron chi connectivity index (χ4n) is 1.97. The van der Waals surface area contributed by atoms with Crippen LogP contribution in [0.15, 0.2) is 12.1 Å². The lowest BCUT2D eigenvalue weighted by Gasteiger charge is -2.12. The first-order valence-corrected chi connectivity index (χ1v) is 5.24. The molecule has 0 aromatic heterocycles. The number of fused-ring (bicyclic) bond motifs is 1. The number of halogens is 3. The number of hydrogen-bond acceptors (Lipinski definition) is 0. The molecule has 2 rings (SSSR count). The third kappa shape index (κ3) is 1.63. The maximum atomic E-state index is 13.4. The lowest BCUT2D eigenvalue weighted by molar-refractivity contribution is 0.571. The maximum absolute atomic E-state index is 13.4. The van der Waals surface area contributed by atoms with Crippen molar-refractivity contribution in [1.82, 2.24) is 0 Å². The number of rotatable bonds is 0. The quantitative estimate of drug-likeness (QED) is 0.455. The SMILES string of the molecule is Fc1ccc(F)c2c1CCCCC2Cl. The van der Waals surface area contributed by atoms with E-state index in [1.54, 1.807) is 0 Å². The first-order chi connectivity index (χ1) is 6.70. The van der Waals surface area contributed by atoms with Crippen molar-refractivity contribution in [1.29, 1.82) is 0 Å². The van der Waals surface area contributed by atoms with E-state index in [0.717, 1.165) is 25.3 Å². The van der Waals surface area contributed by atoms with Crippen molar-refractivity contribution in [3.8, 4) is 0 Å². The smallest absolute Gasteiger partial charge is 0.128 e. The van der Waals surface area contributed by atoms with Crippen molar-refractivity contribution in [2.24, 2.45) is 0 Å². The molecule has 0 heterocycles. The van der Waals surface area contributed by atoms with Crippen molar-refractivity contribution < 1.29 is 8.78 Å². The average Bonchev–Trinajstić information content (AvgIpc) is 2.35. The van der Waals surface area contributed by atoms with Gasteiger partial charge in [-0.05, 0) is 37.0 Å². The van der Waals surface area contributed by atoms with Crippen LogP contribution in [0.3, 0.4) is 0 Å². The third-order valence-corrected chi connectivity index (χ3v) is 3.13. The highest BCUT2D eigenvalue weighted by Crippen LogP contribution is 2.36. The van der Waals surface area contributed by atoms with Gasteiger partial charge in [-0.2, -0.15) is 0 Å². The molecule has 0 bridgehead atoms. The van der Waals surface area contributed by atoms with Crippen LogP contribution in [-0.2, 0) is 6.42 Å². The predicted octanol–water partition coefficient (Wildman–Crippen LogP) is 3.97. The van der Waals surface area contributed by atoms with Crippen LogP contribution in [0.25, 0.3) is 0 Å². The van der Waals surface area contributed by atoms with Gasteiger partial charge in [0.25, 0.3) is 0 Å². The van der Waals surface area contributed by atoms with E-state index < -0.39 is 0 Å². The van der Waals surface area contributed by atoms with Crippen LogP contribution >= 0.6 is 11.6 Å². The van der Waals surface area contributed by atoms with E-state index in [9.17, 15) is 8.78 Å². The molecular formula is C11H11ClF2. The van der Waals surface area contributed by atoms with E-state index >= 15 is 0 Å². The molecule has 1 aliphatic rings. The Balaban J connectivity index is 2.57. The second kappa shape index (κ2) is 3.85. The molecule has 1 aromatic carbocycles. The Morgan fingerprint density at radius 2 is 1.86 bits per heavy atom. The number of benzene rings is 1. The van der Waals surface area contributed by atoms with Gasteiger partial charge in [-0.15, -0.1) is 11.6 Å². The Bertz CT molecular complexity index is 349. The molecule has 0 fully saturated rings. The van der Waals surface area contributed by atoms with E-state index in [0.29, 0.717) is 17.5 Å². The third-order valence-electron chi connectivity index (χ3n) is 2.69. The van der Waals surface area contributed by atoms with E-state index in [4.69, 9.17) is 11.6 Å². The van der Waals surface area contributed by atoms with Gasteiger partial charge in [-0.3, -0.25) is 0 Å². The van der Waals surface area contributed by atoms with E-state index in [1.165, 1.54) is 6.07 Å². The minimum Gasteiger partial charge on any atom is -0.207 e. The summed E-state index contributed by atoms with van der Waals surface area (Å²) in [7, 11) is 0. The summed E-state index contributed by atoms with van der Waals surface area (Å²) in [6.45, 7) is 0. The summed E-state index contributed by atoms with van der Waals surface area (Å²) in [5.74, 6) is -0.697. The molecule has 1 atom stereocenters. The zero-order valence-electron chi connectivity index (χ0n) is 7.69. The van der Waals surface area contributed by atoms with E-state index in [2.05, 4.69) is 0 Å². The molecule has 1 unspecified atom stereocenters. The maximum Gasteiger partial charge on any atom is 0.128 e. The second-order valence-corrected chi connectivity index (χ2v) is 4.16. The van der Waals surface area contributed by atoms with Gasteiger partial charge < -0.3 is 0 Å². The Morgan fingerprint density at radius 3 is 2.64 bits per heavy atom. The van der Waals surface area contributed by atoms with Crippen LogP contribution in [0.4, 0.5) is 8.78 Å². The van der Waals surface area contributed by atoms with Gasteiger partial charge in [0, 0.05) is 5.56 Å². The Hall–Kier alpha value is -0.630. The molecule has 0 nitrogen and oxygen atoms in total. The van der Waals surface area contributed by atoms with Gasteiger partial charge in [-0.25, -0.2) is 8.78 Å². The lowest BCUT2D eigenvalue weighted by Crippen LogP contribution is -2.01. The molecule has 1 aliphatic carbocycles. The van der Waals surface area contributed by atoms with E-state index in [-0.39, 0.29) is 17.0 Å². The molecule has 0 saturated carbocycles. The van der Waals surface area contributed by atoms with Crippen molar-refractivity contribution in [2.75, 3.05) is 0 Å². The van der Waals surface area contributed by atoms with Crippen LogP contribution in [0.5, 0.6) is 0 Å². The normalized spacial score (nSPS) is 21.5. The van der Waals surface area contributed by atoms with Crippen LogP contribution in [0.2, 0.25) is 0 Å². The van der Waals surface area contributed by atoms with Gasteiger partial charge in [0.05, 0.1) is 5.38 Å². The fraction of sp³-hybridized carbons (Fsp3) is 0.455. The minimum atomic E-state index is -0.372. The molecule has 14 heavy (non-hydrogen) atoms. The number of alkyl halides is 1. The van der Waals surface area contributed by atoms with Crippen molar-refractivity contribution in [3.63, 3.8) is 0 Å². The summed E-state index contributed by atoms with van der Waals surface area (Å²) in [4.78, 5) is 0. The van der Waals surface area contributed by atoms with Gasteiger partial charge in [0.2, 0.25) is 0 Å². The lowest BCUT2D eigenvalue weighted by atomic mass is 10.0. The molecule has 76 valence electrons. The Labute approximate surface area is 86.9 Å². The fourth-order valence-corrected chi connectivity index (χ4v) is 2.36. The Kier molecular flexibility index (Phi) is 2.73. The summed E-state index contributed by atoms with van der Waals surface area (Å²) in [6, 6.07) is 2.35. The van der Waals surface area contributed by atoms with Crippen LogP contribution in [0, 0.1) is 11.6 Å². The predicted molar refractivity (Wildman–Crippen MR) is 52.5 cm³/mol. The molecule has 0 spiro atoms. The molecule has 0 amide bonds. The molecule has 0 aliphatic heterocycles. The van der Waals surface area contributed by atoms with Gasteiger partial charge >= 0.3 is 0 Å². The summed E-state index contributed by atoms with van der Waals surface area (Å²) in [6.07, 6.45) is 3.15. The standard InChI is InChI=1S/C11H11ClF2/c12-8-4-2-1-3-7-9(13)5-6-10(14)11(7)8/h5-6,8H,1-4H2. The van der Waals surface area contributed by atoms with Gasteiger partial charge in [-0.1, -0.05) is 6.42 Å². The molecule has 0 saturated heterocycles. The average molecular weight is 217 g/mol. The zero-order chi connectivity index (χ0) is 10.1. The van der Waals surface area contributed by atoms with Crippen LogP contribution < -0.4 is 0 Å². The monoisotopic (exact) mass is 216 g/mol. The highest BCUT2D eigenvalue weighted by molar-refractivity contribution is 6.20. The summed E-state index contributed by atoms with van der Waals surface area (Å²) >= 11 is 6.02. The largest absolute Gasteiger partial charge is 0.207 e.